The summed E-state index contributed by atoms with van der Waals surface area (Å²) < 4.78 is 16.0. The molecule has 9 nitrogen and oxygen atoms in total. The Balaban J connectivity index is 0.00000247. The molecule has 1 aliphatic rings. The lowest BCUT2D eigenvalue weighted by atomic mass is 9.96. The molecule has 1 unspecified atom stereocenters. The minimum absolute atomic E-state index is 0.0198. The van der Waals surface area contributed by atoms with Gasteiger partial charge in [-0.25, -0.2) is 0 Å². The third kappa shape index (κ3) is 7.07. The van der Waals surface area contributed by atoms with E-state index in [1.54, 1.807) is 30.4 Å². The number of nitro groups is 1. The zero-order valence-electron chi connectivity index (χ0n) is 22.2. The lowest BCUT2D eigenvalue weighted by Crippen LogP contribution is -2.37. The SMILES string of the molecule is CC.COc1cc(/C=C(\N)C(=O)NCC(CCl)c2ccc([N+](=O)[O-])c3c2=CCC=CC=3)cc(OC)c1OC. The number of nitro benzene ring substituents is 1. The smallest absolute Gasteiger partial charge is 0.277 e. The average Bonchev–Trinajstić information content (AvgIpc) is 3.19. The summed E-state index contributed by atoms with van der Waals surface area (Å²) in [4.78, 5) is 23.9. The van der Waals surface area contributed by atoms with E-state index in [2.05, 4.69) is 5.32 Å². The number of allylic oxidation sites excluding steroid dienone is 2. The van der Waals surface area contributed by atoms with Gasteiger partial charge in [-0.05, 0) is 47.1 Å². The number of methoxy groups -OCH3 is 3. The number of nitrogens with two attached hydrogens (primary N) is 1. The number of fused-ring (bicyclic) bond motifs is 1. The van der Waals surface area contributed by atoms with Crippen molar-refractivity contribution in [3.8, 4) is 17.2 Å². The zero-order chi connectivity index (χ0) is 28.2. The predicted molar refractivity (Wildman–Crippen MR) is 151 cm³/mol. The van der Waals surface area contributed by atoms with Crippen LogP contribution in [0, 0.1) is 10.1 Å². The Morgan fingerprint density at radius 1 is 1.16 bits per heavy atom. The second kappa shape index (κ2) is 14.7. The highest BCUT2D eigenvalue weighted by molar-refractivity contribution is 6.18. The van der Waals surface area contributed by atoms with Gasteiger partial charge in [0.1, 0.15) is 0 Å². The lowest BCUT2D eigenvalue weighted by molar-refractivity contribution is -0.386. The van der Waals surface area contributed by atoms with Gasteiger partial charge in [-0.15, -0.1) is 11.6 Å². The number of carbonyl (C=O) groups excluding carboxylic acids is 1. The summed E-state index contributed by atoms with van der Waals surface area (Å²) in [5.74, 6) is 0.713. The molecule has 0 saturated carbocycles. The van der Waals surface area contributed by atoms with Crippen molar-refractivity contribution in [3.63, 3.8) is 0 Å². The quantitative estimate of drug-likeness (QED) is 0.203. The van der Waals surface area contributed by atoms with Crippen molar-refractivity contribution >= 4 is 41.4 Å². The number of amides is 1. The van der Waals surface area contributed by atoms with E-state index in [0.717, 1.165) is 10.8 Å². The molecule has 1 aliphatic carbocycles. The number of benzene rings is 2. The number of hydrogen-bond acceptors (Lipinski definition) is 7. The average molecular weight is 544 g/mol. The van der Waals surface area contributed by atoms with Crippen molar-refractivity contribution in [1.29, 1.82) is 0 Å². The fourth-order valence-corrected chi connectivity index (χ4v) is 4.26. The number of carbonyl (C=O) groups is 1. The molecule has 0 fully saturated rings. The topological polar surface area (TPSA) is 126 Å². The molecule has 3 rings (SSSR count). The molecule has 0 bridgehead atoms. The first-order chi connectivity index (χ1) is 18.3. The second-order valence-corrected chi connectivity index (χ2v) is 8.22. The molecule has 38 heavy (non-hydrogen) atoms. The zero-order valence-corrected chi connectivity index (χ0v) is 23.0. The Bertz CT molecular complexity index is 1310. The van der Waals surface area contributed by atoms with Crippen LogP contribution in [0.2, 0.25) is 0 Å². The van der Waals surface area contributed by atoms with E-state index in [0.29, 0.717) is 34.5 Å². The van der Waals surface area contributed by atoms with Crippen molar-refractivity contribution < 1.29 is 23.9 Å². The van der Waals surface area contributed by atoms with E-state index < -0.39 is 10.8 Å². The number of ether oxygens (including phenoxy) is 3. The number of nitrogens with one attached hydrogen (secondary N) is 1. The lowest BCUT2D eigenvalue weighted by Gasteiger charge is -2.17. The fourth-order valence-electron chi connectivity index (χ4n) is 3.98. The van der Waals surface area contributed by atoms with Crippen LogP contribution in [0.4, 0.5) is 5.69 Å². The normalized spacial score (nSPS) is 12.8. The van der Waals surface area contributed by atoms with Crippen LogP contribution in [0.5, 0.6) is 17.2 Å². The number of non-ortho nitro benzene ring substituents is 1. The van der Waals surface area contributed by atoms with Crippen LogP contribution in [0.1, 0.15) is 37.3 Å². The summed E-state index contributed by atoms with van der Waals surface area (Å²) in [6, 6.07) is 6.52. The Morgan fingerprint density at radius 2 is 1.82 bits per heavy atom. The third-order valence-electron chi connectivity index (χ3n) is 5.76. The molecule has 10 heteroatoms. The number of alkyl halides is 1. The van der Waals surface area contributed by atoms with Gasteiger partial charge in [0.15, 0.2) is 11.5 Å². The third-order valence-corrected chi connectivity index (χ3v) is 6.13. The molecule has 2 aromatic carbocycles. The Kier molecular flexibility index (Phi) is 11.7. The summed E-state index contributed by atoms with van der Waals surface area (Å²) in [5.41, 5.74) is 7.46. The highest BCUT2D eigenvalue weighted by Crippen LogP contribution is 2.38. The van der Waals surface area contributed by atoms with E-state index in [-0.39, 0.29) is 29.7 Å². The molecule has 0 saturated heterocycles. The molecule has 3 N–H and O–H groups in total. The molecule has 0 spiro atoms. The van der Waals surface area contributed by atoms with Gasteiger partial charge in [-0.2, -0.15) is 0 Å². The number of hydrogen-bond donors (Lipinski definition) is 2. The first-order valence-electron chi connectivity index (χ1n) is 12.1. The molecule has 0 heterocycles. The van der Waals surface area contributed by atoms with Crippen LogP contribution < -0.4 is 35.7 Å². The highest BCUT2D eigenvalue weighted by atomic mass is 35.5. The number of rotatable bonds is 10. The minimum Gasteiger partial charge on any atom is -0.493 e. The molecule has 1 atom stereocenters. The van der Waals surface area contributed by atoms with Crippen LogP contribution in [0.25, 0.3) is 18.2 Å². The van der Waals surface area contributed by atoms with Gasteiger partial charge in [-0.3, -0.25) is 14.9 Å². The van der Waals surface area contributed by atoms with Gasteiger partial charge in [0.05, 0.1) is 37.2 Å². The summed E-state index contributed by atoms with van der Waals surface area (Å²) >= 11 is 6.27. The van der Waals surface area contributed by atoms with Gasteiger partial charge < -0.3 is 25.3 Å². The van der Waals surface area contributed by atoms with Crippen molar-refractivity contribution in [1.82, 2.24) is 5.32 Å². The predicted octanol–water partition coefficient (Wildman–Crippen LogP) is 3.61. The molecule has 204 valence electrons. The molecule has 2 aromatic rings. The van der Waals surface area contributed by atoms with E-state index in [1.807, 2.05) is 26.0 Å². The maximum absolute atomic E-state index is 12.8. The summed E-state index contributed by atoms with van der Waals surface area (Å²) in [7, 11) is 4.50. The Labute approximate surface area is 227 Å². The number of halogens is 1. The molecule has 1 amide bonds. The van der Waals surface area contributed by atoms with Crippen molar-refractivity contribution in [3.05, 3.63) is 73.8 Å². The molecule has 0 aliphatic heterocycles. The van der Waals surface area contributed by atoms with Gasteiger partial charge in [0, 0.05) is 24.4 Å². The Morgan fingerprint density at radius 3 is 2.37 bits per heavy atom. The fraction of sp³-hybridized carbons (Fsp3) is 0.321. The monoisotopic (exact) mass is 543 g/mol. The maximum Gasteiger partial charge on any atom is 0.277 e. The van der Waals surface area contributed by atoms with E-state index in [1.165, 1.54) is 33.5 Å². The largest absolute Gasteiger partial charge is 0.493 e. The Hall–Kier alpha value is -3.98. The number of nitrogens with zero attached hydrogens (tertiary/aromatic N) is 1. The van der Waals surface area contributed by atoms with E-state index >= 15 is 0 Å². The first kappa shape index (κ1) is 30.2. The van der Waals surface area contributed by atoms with Gasteiger partial charge in [-0.1, -0.05) is 38.1 Å². The highest BCUT2D eigenvalue weighted by Gasteiger charge is 2.19. The van der Waals surface area contributed by atoms with Gasteiger partial charge in [0.25, 0.3) is 11.6 Å². The molecular formula is C28H34ClN3O6. The van der Waals surface area contributed by atoms with E-state index in [4.69, 9.17) is 31.5 Å². The van der Waals surface area contributed by atoms with Crippen LogP contribution in [-0.4, -0.2) is 44.6 Å². The molecule has 0 aromatic heterocycles. The standard InChI is InChI=1S/C26H28ClN3O6.C2H6/c1-34-23-12-16(13-24(35-2)25(23)36-3)11-21(28)26(31)29-15-17(14-27)18-9-10-22(30(32)33)20-8-6-4-5-7-19(18)20;1-2/h4,6-13,17H,5,14-15,28H2,1-3H3,(H,29,31);1-2H3/b21-11-;. The summed E-state index contributed by atoms with van der Waals surface area (Å²) in [6.07, 6.45) is 9.50. The summed E-state index contributed by atoms with van der Waals surface area (Å²) in [5, 5.41) is 15.6. The molecular weight excluding hydrogens is 510 g/mol. The van der Waals surface area contributed by atoms with Crippen LogP contribution in [0.15, 0.2) is 42.1 Å². The maximum atomic E-state index is 12.8. The first-order valence-corrected chi connectivity index (χ1v) is 12.6. The molecule has 0 radical (unpaired) electrons. The van der Waals surface area contributed by atoms with Gasteiger partial charge >= 0.3 is 0 Å². The van der Waals surface area contributed by atoms with Gasteiger partial charge in [0.2, 0.25) is 5.75 Å². The van der Waals surface area contributed by atoms with Crippen molar-refractivity contribution in [2.45, 2.75) is 26.2 Å². The minimum atomic E-state index is -0.482. The van der Waals surface area contributed by atoms with Crippen LogP contribution in [0.3, 0.4) is 0 Å². The van der Waals surface area contributed by atoms with E-state index in [9.17, 15) is 14.9 Å². The van der Waals surface area contributed by atoms with Crippen molar-refractivity contribution in [2.24, 2.45) is 5.73 Å². The summed E-state index contributed by atoms with van der Waals surface area (Å²) in [6.45, 7) is 4.19. The van der Waals surface area contributed by atoms with Crippen LogP contribution in [-0.2, 0) is 4.79 Å². The van der Waals surface area contributed by atoms with Crippen molar-refractivity contribution in [2.75, 3.05) is 33.8 Å². The second-order valence-electron chi connectivity index (χ2n) is 7.91. The van der Waals surface area contributed by atoms with Crippen LogP contribution >= 0.6 is 11.6 Å².